The van der Waals surface area contributed by atoms with Gasteiger partial charge in [-0.1, -0.05) is 0 Å². The van der Waals surface area contributed by atoms with Gasteiger partial charge in [0.25, 0.3) is 0 Å². The average molecular weight is 253 g/mol. The van der Waals surface area contributed by atoms with E-state index < -0.39 is 5.60 Å². The van der Waals surface area contributed by atoms with Crippen LogP contribution in [0.1, 0.15) is 12.8 Å². The number of likely N-dealkylation sites (N-methyl/N-ethyl adjacent to an activating group) is 1. The molecular formula is C11H19N5O2. The number of ether oxygens (including phenoxy) is 1. The molecule has 0 radical (unpaired) electrons. The van der Waals surface area contributed by atoms with Gasteiger partial charge in [-0.25, -0.2) is 15.8 Å². The molecule has 0 aliphatic carbocycles. The van der Waals surface area contributed by atoms with E-state index in [-0.39, 0.29) is 0 Å². The van der Waals surface area contributed by atoms with E-state index in [1.807, 2.05) is 11.9 Å². The average Bonchev–Trinajstić information content (AvgIpc) is 2.39. The van der Waals surface area contributed by atoms with Crippen LogP contribution in [0.3, 0.4) is 0 Å². The maximum absolute atomic E-state index is 10.4. The molecular weight excluding hydrogens is 234 g/mol. The highest BCUT2D eigenvalue weighted by atomic mass is 16.5. The molecule has 0 saturated carbocycles. The van der Waals surface area contributed by atoms with Gasteiger partial charge in [0.05, 0.1) is 5.60 Å². The van der Waals surface area contributed by atoms with Crippen molar-refractivity contribution in [3.05, 3.63) is 12.4 Å². The molecule has 0 spiro atoms. The van der Waals surface area contributed by atoms with Crippen molar-refractivity contribution in [3.8, 4) is 0 Å². The molecule has 0 bridgehead atoms. The zero-order valence-electron chi connectivity index (χ0n) is 10.5. The molecule has 7 nitrogen and oxygen atoms in total. The van der Waals surface area contributed by atoms with Crippen LogP contribution in [0.2, 0.25) is 0 Å². The first-order valence-electron chi connectivity index (χ1n) is 5.93. The van der Waals surface area contributed by atoms with Crippen molar-refractivity contribution in [2.75, 3.05) is 37.1 Å². The van der Waals surface area contributed by atoms with Crippen molar-refractivity contribution >= 4 is 11.6 Å². The zero-order valence-corrected chi connectivity index (χ0v) is 10.5. The fourth-order valence-corrected chi connectivity index (χ4v) is 2.07. The number of nitrogens with one attached hydrogen (secondary N) is 1. The van der Waals surface area contributed by atoms with Gasteiger partial charge in [-0.2, -0.15) is 0 Å². The van der Waals surface area contributed by atoms with Crippen molar-refractivity contribution in [3.63, 3.8) is 0 Å². The van der Waals surface area contributed by atoms with E-state index in [1.54, 1.807) is 6.07 Å². The topological polar surface area (TPSA) is 96.5 Å². The second-order valence-electron chi connectivity index (χ2n) is 4.60. The van der Waals surface area contributed by atoms with Gasteiger partial charge in [-0.05, 0) is 0 Å². The number of nitrogens with two attached hydrogens (primary N) is 1. The Morgan fingerprint density at radius 3 is 2.89 bits per heavy atom. The van der Waals surface area contributed by atoms with E-state index in [0.717, 1.165) is 5.82 Å². The highest BCUT2D eigenvalue weighted by Crippen LogP contribution is 2.23. The summed E-state index contributed by atoms with van der Waals surface area (Å²) in [5.74, 6) is 6.57. The fraction of sp³-hybridized carbons (Fsp3) is 0.636. The highest BCUT2D eigenvalue weighted by molar-refractivity contribution is 5.47. The molecule has 1 aromatic rings. The quantitative estimate of drug-likeness (QED) is 0.502. The van der Waals surface area contributed by atoms with E-state index in [1.165, 1.54) is 6.33 Å². The van der Waals surface area contributed by atoms with Crippen LogP contribution in [0.25, 0.3) is 0 Å². The van der Waals surface area contributed by atoms with Crippen LogP contribution in [0.5, 0.6) is 0 Å². The third-order valence-electron chi connectivity index (χ3n) is 3.15. The van der Waals surface area contributed by atoms with E-state index in [2.05, 4.69) is 15.4 Å². The van der Waals surface area contributed by atoms with Crippen molar-refractivity contribution in [2.45, 2.75) is 18.4 Å². The monoisotopic (exact) mass is 253 g/mol. The van der Waals surface area contributed by atoms with E-state index in [9.17, 15) is 5.11 Å². The SMILES string of the molecule is CN(CC1(O)CCOCC1)c1cc(NN)ncn1. The summed E-state index contributed by atoms with van der Waals surface area (Å²) in [7, 11) is 1.88. The van der Waals surface area contributed by atoms with Crippen LogP contribution < -0.4 is 16.2 Å². The van der Waals surface area contributed by atoms with Crippen LogP contribution in [-0.2, 0) is 4.74 Å². The first-order chi connectivity index (χ1) is 8.63. The predicted molar refractivity (Wildman–Crippen MR) is 68.1 cm³/mol. The van der Waals surface area contributed by atoms with Crippen molar-refractivity contribution in [2.24, 2.45) is 5.84 Å². The molecule has 1 fully saturated rings. The molecule has 4 N–H and O–H groups in total. The molecule has 1 aliphatic heterocycles. The smallest absolute Gasteiger partial charge is 0.145 e. The Hall–Kier alpha value is -1.44. The summed E-state index contributed by atoms with van der Waals surface area (Å²) in [5, 5.41) is 10.4. The van der Waals surface area contributed by atoms with Gasteiger partial charge in [0.1, 0.15) is 18.0 Å². The second kappa shape index (κ2) is 5.47. The Balaban J connectivity index is 2.03. The Labute approximate surface area is 106 Å². The number of hydrogen-bond donors (Lipinski definition) is 3. The normalized spacial score (nSPS) is 18.4. The number of nitrogen functional groups attached to an aromatic ring is 1. The van der Waals surface area contributed by atoms with Gasteiger partial charge in [0, 0.05) is 45.7 Å². The minimum atomic E-state index is -0.714. The van der Waals surface area contributed by atoms with E-state index >= 15 is 0 Å². The molecule has 1 saturated heterocycles. The third-order valence-corrected chi connectivity index (χ3v) is 3.15. The predicted octanol–water partition coefficient (Wildman–Crippen LogP) is -0.260. The van der Waals surface area contributed by atoms with Crippen LogP contribution >= 0.6 is 0 Å². The zero-order chi connectivity index (χ0) is 13.0. The van der Waals surface area contributed by atoms with Crippen LogP contribution in [-0.4, -0.2) is 47.5 Å². The first kappa shape index (κ1) is 13.0. The van der Waals surface area contributed by atoms with Crippen LogP contribution in [0, 0.1) is 0 Å². The summed E-state index contributed by atoms with van der Waals surface area (Å²) >= 11 is 0. The highest BCUT2D eigenvalue weighted by Gasteiger charge is 2.31. The van der Waals surface area contributed by atoms with Gasteiger partial charge in [0.15, 0.2) is 0 Å². The number of anilines is 2. The van der Waals surface area contributed by atoms with Gasteiger partial charge < -0.3 is 20.2 Å². The van der Waals surface area contributed by atoms with Gasteiger partial charge in [0.2, 0.25) is 0 Å². The maximum Gasteiger partial charge on any atom is 0.145 e. The standard InChI is InChI=1S/C11H19N5O2/c1-16(7-11(17)2-4-18-5-3-11)10-6-9(15-12)13-8-14-10/h6,8,17H,2-5,7,12H2,1H3,(H,13,14,15). The molecule has 1 aromatic heterocycles. The van der Waals surface area contributed by atoms with E-state index in [0.29, 0.717) is 38.4 Å². The maximum atomic E-state index is 10.4. The van der Waals surface area contributed by atoms with Crippen molar-refractivity contribution in [1.82, 2.24) is 9.97 Å². The summed E-state index contributed by atoms with van der Waals surface area (Å²) in [6, 6.07) is 1.74. The lowest BCUT2D eigenvalue weighted by atomic mass is 9.94. The second-order valence-corrected chi connectivity index (χ2v) is 4.60. The lowest BCUT2D eigenvalue weighted by Crippen LogP contribution is -2.46. The largest absolute Gasteiger partial charge is 0.388 e. The van der Waals surface area contributed by atoms with Crippen molar-refractivity contribution in [1.29, 1.82) is 0 Å². The Bertz CT molecular complexity index is 395. The molecule has 2 rings (SSSR count). The lowest BCUT2D eigenvalue weighted by molar-refractivity contribution is -0.0573. The Morgan fingerprint density at radius 1 is 1.50 bits per heavy atom. The Morgan fingerprint density at radius 2 is 2.22 bits per heavy atom. The van der Waals surface area contributed by atoms with Gasteiger partial charge in [-0.3, -0.25) is 0 Å². The molecule has 7 heteroatoms. The summed E-state index contributed by atoms with van der Waals surface area (Å²) in [4.78, 5) is 10.0. The third kappa shape index (κ3) is 3.06. The minimum Gasteiger partial charge on any atom is -0.388 e. The molecule has 1 aliphatic rings. The summed E-state index contributed by atoms with van der Waals surface area (Å²) < 4.78 is 5.26. The molecule has 0 amide bonds. The molecule has 0 atom stereocenters. The summed E-state index contributed by atoms with van der Waals surface area (Å²) in [6.45, 7) is 1.71. The van der Waals surface area contributed by atoms with Crippen LogP contribution in [0.4, 0.5) is 11.6 Å². The molecule has 100 valence electrons. The molecule has 0 aromatic carbocycles. The minimum absolute atomic E-state index is 0.511. The van der Waals surface area contributed by atoms with Gasteiger partial charge >= 0.3 is 0 Å². The Kier molecular flexibility index (Phi) is 3.95. The number of aromatic nitrogens is 2. The number of aliphatic hydroxyl groups is 1. The molecule has 2 heterocycles. The summed E-state index contributed by atoms with van der Waals surface area (Å²) in [5.41, 5.74) is 1.76. The number of hydrogen-bond acceptors (Lipinski definition) is 7. The number of nitrogens with zero attached hydrogens (tertiary/aromatic N) is 3. The van der Waals surface area contributed by atoms with E-state index in [4.69, 9.17) is 10.6 Å². The van der Waals surface area contributed by atoms with Crippen molar-refractivity contribution < 1.29 is 9.84 Å². The summed E-state index contributed by atoms with van der Waals surface area (Å²) in [6.07, 6.45) is 2.73. The lowest BCUT2D eigenvalue weighted by Gasteiger charge is -2.35. The first-order valence-corrected chi connectivity index (χ1v) is 5.93. The molecule has 18 heavy (non-hydrogen) atoms. The van der Waals surface area contributed by atoms with Crippen LogP contribution in [0.15, 0.2) is 12.4 Å². The number of hydrazine groups is 1. The number of rotatable bonds is 4. The molecule has 0 unspecified atom stereocenters. The van der Waals surface area contributed by atoms with Gasteiger partial charge in [-0.15, -0.1) is 0 Å². The fourth-order valence-electron chi connectivity index (χ4n) is 2.07.